The molecule has 0 aliphatic rings. The molecule has 2 rings (SSSR count). The van der Waals surface area contributed by atoms with Crippen molar-refractivity contribution in [3.8, 4) is 0 Å². The molecule has 0 aliphatic carbocycles. The number of esters is 1. The first-order valence-electron chi connectivity index (χ1n) is 11.3. The molecule has 10 nitrogen and oxygen atoms in total. The molecular formula is C24H35Cl2N5O5. The van der Waals surface area contributed by atoms with E-state index in [0.717, 1.165) is 12.8 Å². The number of ether oxygens (including phenoxy) is 3. The van der Waals surface area contributed by atoms with Gasteiger partial charge in [-0.1, -0.05) is 0 Å². The van der Waals surface area contributed by atoms with Gasteiger partial charge in [0.25, 0.3) is 5.91 Å². The Hall–Kier alpha value is -2.40. The summed E-state index contributed by atoms with van der Waals surface area (Å²) in [6.07, 6.45) is 5.78. The first-order chi connectivity index (χ1) is 16.7. The Morgan fingerprint density at radius 2 is 1.28 bits per heavy atom. The number of primary amides is 1. The number of aromatic nitrogens is 4. The van der Waals surface area contributed by atoms with E-state index < -0.39 is 11.9 Å². The highest BCUT2D eigenvalue weighted by Crippen LogP contribution is 2.20. The van der Waals surface area contributed by atoms with Crippen LogP contribution in [0.25, 0.3) is 0 Å². The number of nitrogens with zero attached hydrogens (tertiary/aromatic N) is 4. The topological polar surface area (TPSA) is 139 Å². The fourth-order valence-electron chi connectivity index (χ4n) is 2.80. The van der Waals surface area contributed by atoms with Gasteiger partial charge in [-0.3, -0.25) is 4.79 Å². The van der Waals surface area contributed by atoms with Gasteiger partial charge in [0.2, 0.25) is 10.6 Å². The molecule has 12 heteroatoms. The molecule has 0 saturated heterocycles. The number of carbonyl (C=O) groups excluding carboxylic acids is 2. The molecular weight excluding hydrogens is 509 g/mol. The lowest BCUT2D eigenvalue weighted by atomic mass is 9.98. The molecule has 0 saturated carbocycles. The Bertz CT molecular complexity index is 1030. The van der Waals surface area contributed by atoms with Gasteiger partial charge in [0, 0.05) is 37.7 Å². The van der Waals surface area contributed by atoms with E-state index in [9.17, 15) is 9.59 Å². The molecule has 0 aliphatic heterocycles. The largest absolute Gasteiger partial charge is 0.461 e. The van der Waals surface area contributed by atoms with Crippen LogP contribution in [0.2, 0.25) is 10.6 Å². The van der Waals surface area contributed by atoms with Crippen LogP contribution in [0.5, 0.6) is 0 Å². The van der Waals surface area contributed by atoms with Crippen LogP contribution < -0.4 is 5.73 Å². The smallest absolute Gasteiger partial charge is 0.357 e. The molecule has 1 amide bonds. The Balaban J connectivity index is 0.000000362. The predicted molar refractivity (Wildman–Crippen MR) is 137 cm³/mol. The summed E-state index contributed by atoms with van der Waals surface area (Å²) >= 11 is 11.3. The van der Waals surface area contributed by atoms with E-state index in [-0.39, 0.29) is 33.2 Å². The molecule has 2 aromatic heterocycles. The van der Waals surface area contributed by atoms with Gasteiger partial charge in [0.1, 0.15) is 5.69 Å². The fourth-order valence-corrected chi connectivity index (χ4v) is 3.07. The molecule has 2 heterocycles. The predicted octanol–water partition coefficient (Wildman–Crippen LogP) is 4.25. The van der Waals surface area contributed by atoms with Crippen LogP contribution >= 0.6 is 23.2 Å². The summed E-state index contributed by atoms with van der Waals surface area (Å²) in [5, 5.41) is 0.0614. The van der Waals surface area contributed by atoms with Crippen LogP contribution in [0.15, 0.2) is 12.4 Å². The van der Waals surface area contributed by atoms with Gasteiger partial charge >= 0.3 is 5.97 Å². The summed E-state index contributed by atoms with van der Waals surface area (Å²) in [4.78, 5) is 38.6. The zero-order valence-electron chi connectivity index (χ0n) is 21.9. The molecule has 2 N–H and O–H groups in total. The maximum absolute atomic E-state index is 11.8. The monoisotopic (exact) mass is 543 g/mol. The van der Waals surface area contributed by atoms with Crippen LogP contribution in [0, 0.1) is 0 Å². The van der Waals surface area contributed by atoms with Crippen molar-refractivity contribution in [1.29, 1.82) is 0 Å². The highest BCUT2D eigenvalue weighted by Gasteiger charge is 2.21. The molecule has 0 spiro atoms. The Kier molecular flexibility index (Phi) is 12.6. The first-order valence-corrected chi connectivity index (χ1v) is 12.1. The van der Waals surface area contributed by atoms with Gasteiger partial charge < -0.3 is 19.9 Å². The van der Waals surface area contributed by atoms with Crippen LogP contribution in [-0.2, 0) is 27.1 Å². The second-order valence-electron chi connectivity index (χ2n) is 9.04. The van der Waals surface area contributed by atoms with Crippen LogP contribution in [0.1, 0.15) is 79.6 Å². The molecule has 2 aromatic rings. The van der Waals surface area contributed by atoms with Gasteiger partial charge in [-0.2, -0.15) is 0 Å². The van der Waals surface area contributed by atoms with Crippen molar-refractivity contribution in [3.63, 3.8) is 0 Å². The summed E-state index contributed by atoms with van der Waals surface area (Å²) in [6, 6.07) is 0. The van der Waals surface area contributed by atoms with Crippen LogP contribution in [-0.4, -0.2) is 63.8 Å². The third-order valence-electron chi connectivity index (χ3n) is 5.47. The van der Waals surface area contributed by atoms with Crippen LogP contribution in [0.3, 0.4) is 0 Å². The summed E-state index contributed by atoms with van der Waals surface area (Å²) in [7, 11) is 3.30. The average Bonchev–Trinajstić information content (AvgIpc) is 2.83. The molecule has 200 valence electrons. The normalized spacial score (nSPS) is 11.5. The molecule has 0 atom stereocenters. The third kappa shape index (κ3) is 10.7. The maximum Gasteiger partial charge on any atom is 0.357 e. The van der Waals surface area contributed by atoms with E-state index in [0.29, 0.717) is 30.6 Å². The minimum atomic E-state index is -0.598. The number of rotatable bonds is 11. The van der Waals surface area contributed by atoms with Crippen molar-refractivity contribution in [2.45, 2.75) is 71.5 Å². The number of hydrogen-bond donors (Lipinski definition) is 1. The van der Waals surface area contributed by atoms with Gasteiger partial charge in [-0.05, 0) is 83.5 Å². The summed E-state index contributed by atoms with van der Waals surface area (Å²) < 4.78 is 15.6. The van der Waals surface area contributed by atoms with Gasteiger partial charge in [-0.25, -0.2) is 24.7 Å². The standard InChI is InChI=1S/C13H19ClN2O3.C11H16ClN3O2/c1-5-19-11(17)10-9(8-15-12(14)16-10)6-7-13(2,3)18-4;1-11(2,17-3)5-4-7-6-14-10(12)15-8(7)9(13)16/h8H,5-7H2,1-4H3;6H,4-5H2,1-3H3,(H2,13,16). The van der Waals surface area contributed by atoms with Crippen molar-refractivity contribution in [3.05, 3.63) is 45.5 Å². The lowest BCUT2D eigenvalue weighted by molar-refractivity contribution is 0.0154. The third-order valence-corrected chi connectivity index (χ3v) is 5.83. The van der Waals surface area contributed by atoms with E-state index in [1.807, 2.05) is 27.7 Å². The number of amides is 1. The number of carbonyl (C=O) groups is 2. The van der Waals surface area contributed by atoms with Crippen molar-refractivity contribution in [2.24, 2.45) is 5.73 Å². The number of aryl methyl sites for hydroxylation is 2. The first kappa shape index (κ1) is 31.6. The molecule has 0 aromatic carbocycles. The second-order valence-corrected chi connectivity index (χ2v) is 9.71. The van der Waals surface area contributed by atoms with E-state index >= 15 is 0 Å². The zero-order valence-corrected chi connectivity index (χ0v) is 23.4. The summed E-state index contributed by atoms with van der Waals surface area (Å²) in [6.45, 7) is 9.93. The van der Waals surface area contributed by atoms with Crippen molar-refractivity contribution >= 4 is 35.1 Å². The molecule has 0 bridgehead atoms. The van der Waals surface area contributed by atoms with E-state index in [4.69, 9.17) is 43.1 Å². The van der Waals surface area contributed by atoms with E-state index in [2.05, 4.69) is 19.9 Å². The minimum absolute atomic E-state index is 0.0218. The lowest BCUT2D eigenvalue weighted by Gasteiger charge is -2.22. The summed E-state index contributed by atoms with van der Waals surface area (Å²) in [5.41, 5.74) is 6.51. The number of nitrogens with two attached hydrogens (primary N) is 1. The number of methoxy groups -OCH3 is 2. The molecule has 36 heavy (non-hydrogen) atoms. The minimum Gasteiger partial charge on any atom is -0.461 e. The summed E-state index contributed by atoms with van der Waals surface area (Å²) in [5.74, 6) is -1.07. The number of halogens is 2. The maximum atomic E-state index is 11.8. The van der Waals surface area contributed by atoms with Gasteiger partial charge in [-0.15, -0.1) is 0 Å². The highest BCUT2D eigenvalue weighted by molar-refractivity contribution is 6.28. The zero-order chi connectivity index (χ0) is 27.5. The highest BCUT2D eigenvalue weighted by atomic mass is 35.5. The SMILES string of the molecule is CCOC(=O)c1nc(Cl)ncc1CCC(C)(C)OC.COC(C)(C)CCc1cnc(Cl)nc1C(N)=O. The lowest BCUT2D eigenvalue weighted by Crippen LogP contribution is -2.24. The number of hydrogen-bond acceptors (Lipinski definition) is 9. The van der Waals surface area contributed by atoms with Crippen molar-refractivity contribution < 1.29 is 23.8 Å². The van der Waals surface area contributed by atoms with E-state index in [1.54, 1.807) is 27.3 Å². The molecule has 0 radical (unpaired) electrons. The van der Waals surface area contributed by atoms with Crippen LogP contribution in [0.4, 0.5) is 0 Å². The second kappa shape index (κ2) is 14.4. The Morgan fingerprint density at radius 3 is 1.67 bits per heavy atom. The average molecular weight is 544 g/mol. The van der Waals surface area contributed by atoms with Gasteiger partial charge in [0.05, 0.1) is 17.8 Å². The molecule has 0 fully saturated rings. The quantitative estimate of drug-likeness (QED) is 0.325. The van der Waals surface area contributed by atoms with E-state index in [1.165, 1.54) is 6.20 Å². The van der Waals surface area contributed by atoms with Crippen molar-refractivity contribution in [2.75, 3.05) is 20.8 Å². The molecule has 0 unspecified atom stereocenters. The van der Waals surface area contributed by atoms with Crippen molar-refractivity contribution in [1.82, 2.24) is 19.9 Å². The Labute approximate surface area is 222 Å². The Morgan fingerprint density at radius 1 is 0.861 bits per heavy atom. The van der Waals surface area contributed by atoms with Gasteiger partial charge in [0.15, 0.2) is 5.69 Å². The fraction of sp³-hybridized carbons (Fsp3) is 0.583.